The van der Waals surface area contributed by atoms with Gasteiger partial charge in [0.05, 0.1) is 15.4 Å². The normalized spacial score (nSPS) is 16.2. The van der Waals surface area contributed by atoms with E-state index in [-0.39, 0.29) is 0 Å². The van der Waals surface area contributed by atoms with Crippen LogP contribution in [0.1, 0.15) is 12.5 Å². The number of aromatic nitrogens is 2. The fourth-order valence-electron chi connectivity index (χ4n) is 3.20. The Bertz CT molecular complexity index is 871. The number of anilines is 2. The number of piperazine rings is 1. The third-order valence-corrected chi connectivity index (χ3v) is 6.61. The minimum absolute atomic E-state index is 0.625. The Morgan fingerprint density at radius 3 is 2.58 bits per heavy atom. The monoisotopic (exact) mass is 431 g/mol. The molecule has 26 heavy (non-hydrogen) atoms. The van der Waals surface area contributed by atoms with Crippen LogP contribution in [-0.4, -0.2) is 52.5 Å². The molecule has 1 aliphatic rings. The van der Waals surface area contributed by atoms with Gasteiger partial charge in [-0.05, 0) is 40.2 Å². The highest BCUT2D eigenvalue weighted by molar-refractivity contribution is 9.10. The maximum atomic E-state index is 4.59. The summed E-state index contributed by atoms with van der Waals surface area (Å²) in [4.78, 5) is 14.0. The molecule has 1 fully saturated rings. The second kappa shape index (κ2) is 8.00. The largest absolute Gasteiger partial charge is 0.324 e. The Hall–Kier alpha value is -1.54. The molecule has 7 heteroatoms. The highest BCUT2D eigenvalue weighted by atomic mass is 79.9. The summed E-state index contributed by atoms with van der Waals surface area (Å²) in [5, 5.41) is 5.34. The molecule has 0 aliphatic carbocycles. The van der Waals surface area contributed by atoms with Crippen molar-refractivity contribution < 1.29 is 0 Å². The standard InChI is InChI=1S/C19H22BrN5S/c1-2-24-7-9-25(10-8-24)12-14-3-5-15(6-4-14)22-19-21-11-17-18(23-19)16(20)13-26-17/h3-6,11,13H,2,7-10,12H2,1H3,(H,21,22,23). The van der Waals surface area contributed by atoms with Gasteiger partial charge >= 0.3 is 0 Å². The van der Waals surface area contributed by atoms with E-state index in [1.165, 1.54) is 18.7 Å². The molecule has 1 aromatic carbocycles. The lowest BCUT2D eigenvalue weighted by atomic mass is 10.2. The highest BCUT2D eigenvalue weighted by Crippen LogP contribution is 2.29. The number of fused-ring (bicyclic) bond motifs is 1. The van der Waals surface area contributed by atoms with E-state index in [2.05, 4.69) is 72.2 Å². The van der Waals surface area contributed by atoms with Crippen molar-refractivity contribution in [2.75, 3.05) is 38.0 Å². The second-order valence-electron chi connectivity index (χ2n) is 6.52. The van der Waals surface area contributed by atoms with Crippen LogP contribution in [0, 0.1) is 0 Å². The zero-order valence-electron chi connectivity index (χ0n) is 14.8. The zero-order chi connectivity index (χ0) is 17.9. The first kappa shape index (κ1) is 17.9. The van der Waals surface area contributed by atoms with Gasteiger partial charge in [0.2, 0.25) is 5.95 Å². The third-order valence-electron chi connectivity index (χ3n) is 4.80. The smallest absolute Gasteiger partial charge is 0.227 e. The maximum Gasteiger partial charge on any atom is 0.227 e. The van der Waals surface area contributed by atoms with E-state index in [9.17, 15) is 0 Å². The van der Waals surface area contributed by atoms with Crippen molar-refractivity contribution >= 4 is 49.1 Å². The molecule has 3 aromatic rings. The summed E-state index contributed by atoms with van der Waals surface area (Å²) in [6, 6.07) is 8.59. The first-order valence-corrected chi connectivity index (χ1v) is 10.6. The predicted octanol–water partition coefficient (Wildman–Crippen LogP) is 4.33. The van der Waals surface area contributed by atoms with Crippen LogP contribution in [0.2, 0.25) is 0 Å². The molecular weight excluding hydrogens is 410 g/mol. The number of hydrogen-bond donors (Lipinski definition) is 1. The van der Waals surface area contributed by atoms with Crippen molar-refractivity contribution in [3.05, 3.63) is 45.9 Å². The molecule has 0 unspecified atom stereocenters. The summed E-state index contributed by atoms with van der Waals surface area (Å²) < 4.78 is 2.10. The molecule has 3 heterocycles. The lowest BCUT2D eigenvalue weighted by Crippen LogP contribution is -2.45. The summed E-state index contributed by atoms with van der Waals surface area (Å²) in [5.41, 5.74) is 3.31. The van der Waals surface area contributed by atoms with E-state index in [0.29, 0.717) is 5.95 Å². The SMILES string of the molecule is CCN1CCN(Cc2ccc(Nc3ncc4scc(Br)c4n3)cc2)CC1. The fraction of sp³-hybridized carbons (Fsp3) is 0.368. The van der Waals surface area contributed by atoms with E-state index in [1.54, 1.807) is 11.3 Å². The Morgan fingerprint density at radius 2 is 1.85 bits per heavy atom. The molecule has 1 saturated heterocycles. The van der Waals surface area contributed by atoms with Gasteiger partial charge in [-0.3, -0.25) is 4.90 Å². The zero-order valence-corrected chi connectivity index (χ0v) is 17.2. The number of thiophene rings is 1. The Labute approximate surface area is 166 Å². The number of benzene rings is 1. The van der Waals surface area contributed by atoms with Crippen molar-refractivity contribution in [2.45, 2.75) is 13.5 Å². The fourth-order valence-corrected chi connectivity index (χ4v) is 4.64. The average Bonchev–Trinajstić information content (AvgIpc) is 3.04. The molecule has 0 saturated carbocycles. The number of likely N-dealkylation sites (N-methyl/N-ethyl adjacent to an activating group) is 1. The maximum absolute atomic E-state index is 4.59. The minimum atomic E-state index is 0.625. The first-order valence-electron chi connectivity index (χ1n) is 8.91. The lowest BCUT2D eigenvalue weighted by Gasteiger charge is -2.34. The number of hydrogen-bond acceptors (Lipinski definition) is 6. The third kappa shape index (κ3) is 4.06. The summed E-state index contributed by atoms with van der Waals surface area (Å²) in [7, 11) is 0. The predicted molar refractivity (Wildman–Crippen MR) is 112 cm³/mol. The molecule has 0 radical (unpaired) electrons. The van der Waals surface area contributed by atoms with E-state index >= 15 is 0 Å². The van der Waals surface area contributed by atoms with Gasteiger partial charge in [0, 0.05) is 43.8 Å². The van der Waals surface area contributed by atoms with Crippen molar-refractivity contribution in [3.8, 4) is 0 Å². The molecule has 0 spiro atoms. The van der Waals surface area contributed by atoms with E-state index in [1.807, 2.05) is 11.6 Å². The number of nitrogens with one attached hydrogen (secondary N) is 1. The summed E-state index contributed by atoms with van der Waals surface area (Å²) in [5.74, 6) is 0.625. The second-order valence-corrected chi connectivity index (χ2v) is 8.29. The van der Waals surface area contributed by atoms with Gasteiger partial charge in [0.15, 0.2) is 0 Å². The Kier molecular flexibility index (Phi) is 5.49. The van der Waals surface area contributed by atoms with Crippen LogP contribution in [-0.2, 0) is 6.54 Å². The first-order chi connectivity index (χ1) is 12.7. The molecule has 1 N–H and O–H groups in total. The van der Waals surface area contributed by atoms with Crippen molar-refractivity contribution in [1.82, 2.24) is 19.8 Å². The molecule has 1 aliphatic heterocycles. The topological polar surface area (TPSA) is 44.3 Å². The Morgan fingerprint density at radius 1 is 1.12 bits per heavy atom. The van der Waals surface area contributed by atoms with Crippen molar-refractivity contribution in [1.29, 1.82) is 0 Å². The van der Waals surface area contributed by atoms with Crippen molar-refractivity contribution in [2.24, 2.45) is 0 Å². The van der Waals surface area contributed by atoms with Gasteiger partial charge in [-0.2, -0.15) is 0 Å². The van der Waals surface area contributed by atoms with Gasteiger partial charge in [0.25, 0.3) is 0 Å². The summed E-state index contributed by atoms with van der Waals surface area (Å²) in [6.07, 6.45) is 1.87. The molecular formula is C19H22BrN5S. The Balaban J connectivity index is 1.38. The van der Waals surface area contributed by atoms with Gasteiger partial charge in [-0.1, -0.05) is 19.1 Å². The number of rotatable bonds is 5. The molecule has 0 amide bonds. The van der Waals surface area contributed by atoms with Crippen LogP contribution in [0.5, 0.6) is 0 Å². The molecule has 2 aromatic heterocycles. The van der Waals surface area contributed by atoms with Gasteiger partial charge in [0.1, 0.15) is 5.52 Å². The van der Waals surface area contributed by atoms with Gasteiger partial charge in [-0.15, -0.1) is 11.3 Å². The highest BCUT2D eigenvalue weighted by Gasteiger charge is 2.15. The minimum Gasteiger partial charge on any atom is -0.324 e. The van der Waals surface area contributed by atoms with Crippen LogP contribution in [0.4, 0.5) is 11.6 Å². The molecule has 0 bridgehead atoms. The number of nitrogens with zero attached hydrogens (tertiary/aromatic N) is 4. The summed E-state index contributed by atoms with van der Waals surface area (Å²) in [6.45, 7) is 9.06. The van der Waals surface area contributed by atoms with E-state index in [0.717, 1.165) is 46.6 Å². The quantitative estimate of drug-likeness (QED) is 0.650. The van der Waals surface area contributed by atoms with Crippen molar-refractivity contribution in [3.63, 3.8) is 0 Å². The van der Waals surface area contributed by atoms with Crippen LogP contribution in [0.25, 0.3) is 10.2 Å². The van der Waals surface area contributed by atoms with E-state index in [4.69, 9.17) is 0 Å². The van der Waals surface area contributed by atoms with Gasteiger partial charge < -0.3 is 10.2 Å². The molecule has 0 atom stereocenters. The van der Waals surface area contributed by atoms with Crippen LogP contribution >= 0.6 is 27.3 Å². The van der Waals surface area contributed by atoms with Crippen LogP contribution in [0.3, 0.4) is 0 Å². The average molecular weight is 432 g/mol. The number of halogens is 1. The lowest BCUT2D eigenvalue weighted by molar-refractivity contribution is 0.132. The molecule has 5 nitrogen and oxygen atoms in total. The van der Waals surface area contributed by atoms with E-state index < -0.39 is 0 Å². The van der Waals surface area contributed by atoms with Crippen LogP contribution in [0.15, 0.2) is 40.3 Å². The van der Waals surface area contributed by atoms with Crippen LogP contribution < -0.4 is 5.32 Å². The molecule has 136 valence electrons. The van der Waals surface area contributed by atoms with Gasteiger partial charge in [-0.25, -0.2) is 9.97 Å². The molecule has 4 rings (SSSR count). The summed E-state index contributed by atoms with van der Waals surface area (Å²) >= 11 is 5.18.